The number of benzene rings is 1. The van der Waals surface area contributed by atoms with Crippen molar-refractivity contribution in [2.24, 2.45) is 0 Å². The lowest BCUT2D eigenvalue weighted by atomic mass is 10.0. The Morgan fingerprint density at radius 2 is 1.74 bits per heavy atom. The Morgan fingerprint density at radius 3 is 2.26 bits per heavy atom. The van der Waals surface area contributed by atoms with E-state index >= 15 is 0 Å². The van der Waals surface area contributed by atoms with Crippen molar-refractivity contribution in [1.82, 2.24) is 9.80 Å². The van der Waals surface area contributed by atoms with Crippen LogP contribution in [-0.4, -0.2) is 66.1 Å². The monoisotopic (exact) mass is 319 g/mol. The molecule has 1 aliphatic rings. The summed E-state index contributed by atoms with van der Waals surface area (Å²) >= 11 is 0. The molecule has 0 spiro atoms. The van der Waals surface area contributed by atoms with Gasteiger partial charge in [-0.05, 0) is 23.6 Å². The van der Waals surface area contributed by atoms with Gasteiger partial charge >= 0.3 is 11.8 Å². The second kappa shape index (κ2) is 8.08. The molecule has 0 atom stereocenters. The van der Waals surface area contributed by atoms with E-state index in [9.17, 15) is 9.59 Å². The van der Waals surface area contributed by atoms with Crippen molar-refractivity contribution in [3.8, 4) is 0 Å². The van der Waals surface area contributed by atoms with Gasteiger partial charge in [0.05, 0.1) is 6.61 Å². The van der Waals surface area contributed by atoms with Crippen LogP contribution in [0.1, 0.15) is 25.3 Å². The van der Waals surface area contributed by atoms with Gasteiger partial charge in [0.15, 0.2) is 0 Å². The lowest BCUT2D eigenvalue weighted by molar-refractivity contribution is -0.144. The molecule has 126 valence electrons. The second-order valence-corrected chi connectivity index (χ2v) is 6.09. The fourth-order valence-corrected chi connectivity index (χ4v) is 2.60. The summed E-state index contributed by atoms with van der Waals surface area (Å²) in [6.45, 7) is 7.32. The molecule has 6 heteroatoms. The summed E-state index contributed by atoms with van der Waals surface area (Å²) in [5.41, 5.74) is 1.82. The van der Waals surface area contributed by atoms with Crippen LogP contribution >= 0.6 is 0 Å². The summed E-state index contributed by atoms with van der Waals surface area (Å²) in [7, 11) is 0. The van der Waals surface area contributed by atoms with Gasteiger partial charge in [-0.3, -0.25) is 14.5 Å². The van der Waals surface area contributed by atoms with Gasteiger partial charge in [-0.25, -0.2) is 0 Å². The number of anilines is 1. The van der Waals surface area contributed by atoms with Gasteiger partial charge in [-0.2, -0.15) is 0 Å². The smallest absolute Gasteiger partial charge is 0.313 e. The van der Waals surface area contributed by atoms with Crippen molar-refractivity contribution in [2.75, 3.05) is 44.6 Å². The quantitative estimate of drug-likeness (QED) is 0.808. The third kappa shape index (κ3) is 4.77. The Bertz CT molecular complexity index is 535. The van der Waals surface area contributed by atoms with Crippen LogP contribution in [0.5, 0.6) is 0 Å². The second-order valence-electron chi connectivity index (χ2n) is 6.09. The van der Waals surface area contributed by atoms with Gasteiger partial charge in [0.1, 0.15) is 0 Å². The predicted octanol–water partition coefficient (Wildman–Crippen LogP) is 0.885. The van der Waals surface area contributed by atoms with Crippen molar-refractivity contribution in [2.45, 2.75) is 19.8 Å². The van der Waals surface area contributed by atoms with Gasteiger partial charge in [0, 0.05) is 38.4 Å². The first-order valence-corrected chi connectivity index (χ1v) is 8.04. The minimum absolute atomic E-state index is 0.112. The van der Waals surface area contributed by atoms with Crippen molar-refractivity contribution in [3.05, 3.63) is 29.8 Å². The predicted molar refractivity (Wildman–Crippen MR) is 89.3 cm³/mol. The molecular weight excluding hydrogens is 294 g/mol. The summed E-state index contributed by atoms with van der Waals surface area (Å²) in [5, 5.41) is 11.6. The van der Waals surface area contributed by atoms with Gasteiger partial charge in [0.2, 0.25) is 0 Å². The summed E-state index contributed by atoms with van der Waals surface area (Å²) in [4.78, 5) is 27.9. The number of aliphatic hydroxyl groups is 1. The number of aliphatic hydroxyl groups excluding tert-OH is 1. The number of rotatable bonds is 4. The number of amides is 2. The van der Waals surface area contributed by atoms with Gasteiger partial charge in [-0.1, -0.05) is 26.0 Å². The lowest BCUT2D eigenvalue weighted by Crippen LogP contribution is -2.52. The summed E-state index contributed by atoms with van der Waals surface area (Å²) < 4.78 is 0. The number of carbonyl (C=O) groups excluding carboxylic acids is 2. The molecule has 0 bridgehead atoms. The maximum absolute atomic E-state index is 12.2. The molecule has 0 saturated carbocycles. The van der Waals surface area contributed by atoms with Crippen molar-refractivity contribution in [3.63, 3.8) is 0 Å². The van der Waals surface area contributed by atoms with Crippen LogP contribution in [0, 0.1) is 0 Å². The molecule has 23 heavy (non-hydrogen) atoms. The maximum atomic E-state index is 12.2. The fourth-order valence-electron chi connectivity index (χ4n) is 2.60. The van der Waals surface area contributed by atoms with E-state index in [0.717, 1.165) is 0 Å². The Hall–Kier alpha value is -1.92. The molecule has 6 nitrogen and oxygen atoms in total. The maximum Gasteiger partial charge on any atom is 0.313 e. The van der Waals surface area contributed by atoms with E-state index in [-0.39, 0.29) is 6.61 Å². The molecule has 0 radical (unpaired) electrons. The standard InChI is InChI=1S/C17H25N3O3/c1-13(2)14-3-5-15(6-4-14)18-16(22)17(23)20-9-7-19(8-10-20)11-12-21/h3-6,13,21H,7-12H2,1-2H3,(H,18,22). The lowest BCUT2D eigenvalue weighted by Gasteiger charge is -2.33. The minimum Gasteiger partial charge on any atom is -0.395 e. The summed E-state index contributed by atoms with van der Waals surface area (Å²) in [6.07, 6.45) is 0. The van der Waals surface area contributed by atoms with Crippen molar-refractivity contribution < 1.29 is 14.7 Å². The van der Waals surface area contributed by atoms with Crippen LogP contribution in [0.3, 0.4) is 0 Å². The SMILES string of the molecule is CC(C)c1ccc(NC(=O)C(=O)N2CCN(CCO)CC2)cc1. The average Bonchev–Trinajstić information content (AvgIpc) is 2.55. The summed E-state index contributed by atoms with van der Waals surface area (Å²) in [6, 6.07) is 7.55. The third-order valence-electron chi connectivity index (χ3n) is 4.11. The number of nitrogens with zero attached hydrogens (tertiary/aromatic N) is 2. The number of nitrogens with one attached hydrogen (secondary N) is 1. The van der Waals surface area contributed by atoms with E-state index in [1.54, 1.807) is 4.90 Å². The fraction of sp³-hybridized carbons (Fsp3) is 0.529. The van der Waals surface area contributed by atoms with Crippen molar-refractivity contribution in [1.29, 1.82) is 0 Å². The van der Waals surface area contributed by atoms with E-state index in [1.807, 2.05) is 24.3 Å². The van der Waals surface area contributed by atoms with E-state index in [2.05, 4.69) is 24.1 Å². The third-order valence-corrected chi connectivity index (χ3v) is 4.11. The van der Waals surface area contributed by atoms with Gasteiger partial charge in [-0.15, -0.1) is 0 Å². The van der Waals surface area contributed by atoms with Crippen LogP contribution in [0.25, 0.3) is 0 Å². The molecule has 0 aliphatic carbocycles. The first-order valence-electron chi connectivity index (χ1n) is 8.04. The molecule has 2 rings (SSSR count). The molecule has 1 fully saturated rings. The molecule has 0 aromatic heterocycles. The molecule has 1 aromatic rings. The zero-order chi connectivity index (χ0) is 16.8. The van der Waals surface area contributed by atoms with Gasteiger partial charge < -0.3 is 15.3 Å². The highest BCUT2D eigenvalue weighted by Crippen LogP contribution is 2.17. The van der Waals surface area contributed by atoms with Crippen LogP contribution in [0.15, 0.2) is 24.3 Å². The van der Waals surface area contributed by atoms with Gasteiger partial charge in [0.25, 0.3) is 0 Å². The zero-order valence-corrected chi connectivity index (χ0v) is 13.8. The normalized spacial score (nSPS) is 15.7. The molecule has 1 aromatic carbocycles. The summed E-state index contributed by atoms with van der Waals surface area (Å²) in [5.74, 6) is -0.670. The molecule has 1 saturated heterocycles. The first kappa shape index (κ1) is 17.4. The minimum atomic E-state index is -0.599. The molecule has 1 aliphatic heterocycles. The molecule has 1 heterocycles. The Labute approximate surface area is 137 Å². The molecule has 0 unspecified atom stereocenters. The largest absolute Gasteiger partial charge is 0.395 e. The van der Waals surface area contributed by atoms with E-state index in [4.69, 9.17) is 5.11 Å². The number of hydrogen-bond acceptors (Lipinski definition) is 4. The van der Waals surface area contributed by atoms with Crippen LogP contribution in [0.4, 0.5) is 5.69 Å². The Kier molecular flexibility index (Phi) is 6.12. The highest BCUT2D eigenvalue weighted by molar-refractivity contribution is 6.39. The molecule has 2 N–H and O–H groups in total. The first-order chi connectivity index (χ1) is 11.0. The number of hydrogen-bond donors (Lipinski definition) is 2. The van der Waals surface area contributed by atoms with E-state index in [0.29, 0.717) is 44.3 Å². The van der Waals surface area contributed by atoms with E-state index in [1.165, 1.54) is 5.56 Å². The molecular formula is C17H25N3O3. The van der Waals surface area contributed by atoms with Crippen LogP contribution in [-0.2, 0) is 9.59 Å². The van der Waals surface area contributed by atoms with Crippen LogP contribution in [0.2, 0.25) is 0 Å². The highest BCUT2D eigenvalue weighted by Gasteiger charge is 2.25. The topological polar surface area (TPSA) is 72.9 Å². The zero-order valence-electron chi connectivity index (χ0n) is 13.8. The van der Waals surface area contributed by atoms with Crippen molar-refractivity contribution >= 4 is 17.5 Å². The molecule has 2 amide bonds. The Balaban J connectivity index is 1.87. The Morgan fingerprint density at radius 1 is 1.13 bits per heavy atom. The number of piperazine rings is 1. The van der Waals surface area contributed by atoms with E-state index < -0.39 is 11.8 Å². The highest BCUT2D eigenvalue weighted by atomic mass is 16.3. The number of carbonyl (C=O) groups is 2. The van der Waals surface area contributed by atoms with Crippen LogP contribution < -0.4 is 5.32 Å². The average molecular weight is 319 g/mol. The number of β-amino-alcohol motifs (C(OH)–C–C–N with tert-alkyl or cyclic N) is 1.